The summed E-state index contributed by atoms with van der Waals surface area (Å²) >= 11 is 0. The Morgan fingerprint density at radius 3 is 2.40 bits per heavy atom. The molecule has 1 aromatic rings. The Labute approximate surface area is 60.6 Å². The van der Waals surface area contributed by atoms with Crippen molar-refractivity contribution in [3.05, 3.63) is 29.9 Å². The molecule has 0 saturated heterocycles. The lowest BCUT2D eigenvalue weighted by Gasteiger charge is -1.90. The minimum absolute atomic E-state index is 0.813. The van der Waals surface area contributed by atoms with Crippen LogP contribution < -0.4 is 0 Å². The molecule has 0 N–H and O–H groups in total. The third-order valence-electron chi connectivity index (χ3n) is 1.16. The monoisotopic (exact) mass is 134 g/mol. The molecule has 1 aromatic heterocycles. The first-order valence-electron chi connectivity index (χ1n) is 3.24. The normalized spacial score (nSPS) is 10.6. The van der Waals surface area contributed by atoms with Crippen molar-refractivity contribution in [2.24, 2.45) is 0 Å². The minimum atomic E-state index is 0.813. The molecule has 0 spiro atoms. The lowest BCUT2D eigenvalue weighted by atomic mass is 10.3. The average molecular weight is 134 g/mol. The highest BCUT2D eigenvalue weighted by molar-refractivity contribution is 5.45. The quantitative estimate of drug-likeness (QED) is 0.585. The fourth-order valence-corrected chi connectivity index (χ4v) is 0.681. The van der Waals surface area contributed by atoms with E-state index < -0.39 is 0 Å². The molecule has 0 unspecified atom stereocenters. The fraction of sp³-hybridized carbons (Fsp3) is 0.250. The van der Waals surface area contributed by atoms with Crippen molar-refractivity contribution < 1.29 is 0 Å². The summed E-state index contributed by atoms with van der Waals surface area (Å²) < 4.78 is 0. The van der Waals surface area contributed by atoms with Gasteiger partial charge in [0.05, 0.1) is 0 Å². The van der Waals surface area contributed by atoms with E-state index in [-0.39, 0.29) is 0 Å². The maximum absolute atomic E-state index is 4.04. The van der Waals surface area contributed by atoms with E-state index in [0.29, 0.717) is 0 Å². The van der Waals surface area contributed by atoms with Crippen molar-refractivity contribution in [2.75, 3.05) is 0 Å². The number of allylic oxidation sites excluding steroid dienone is 1. The highest BCUT2D eigenvalue weighted by Gasteiger charge is 1.85. The molecular formula is C8H10N2. The second-order valence-corrected chi connectivity index (χ2v) is 2.06. The summed E-state index contributed by atoms with van der Waals surface area (Å²) in [7, 11) is 0. The number of aryl methyl sites for hydroxylation is 1. The Morgan fingerprint density at radius 1 is 1.30 bits per heavy atom. The van der Waals surface area contributed by atoms with Gasteiger partial charge in [-0.3, -0.25) is 0 Å². The Kier molecular flexibility index (Phi) is 2.15. The maximum atomic E-state index is 4.04. The van der Waals surface area contributed by atoms with Gasteiger partial charge in [-0.05, 0) is 13.8 Å². The average Bonchev–Trinajstić information content (AvgIpc) is 1.95. The van der Waals surface area contributed by atoms with Gasteiger partial charge in [-0.15, -0.1) is 0 Å². The largest absolute Gasteiger partial charge is 0.241 e. The molecule has 0 bridgehead atoms. The van der Waals surface area contributed by atoms with E-state index in [2.05, 4.69) is 9.97 Å². The van der Waals surface area contributed by atoms with Gasteiger partial charge in [0, 0.05) is 18.0 Å². The van der Waals surface area contributed by atoms with Crippen molar-refractivity contribution in [1.82, 2.24) is 9.97 Å². The van der Waals surface area contributed by atoms with Crippen LogP contribution in [-0.4, -0.2) is 9.97 Å². The molecule has 0 atom stereocenters. The third-order valence-corrected chi connectivity index (χ3v) is 1.16. The summed E-state index contributed by atoms with van der Waals surface area (Å²) in [5.41, 5.74) is 1.05. The third kappa shape index (κ3) is 1.65. The van der Waals surface area contributed by atoms with Gasteiger partial charge in [0.2, 0.25) is 0 Å². The van der Waals surface area contributed by atoms with Crippen LogP contribution in [-0.2, 0) is 0 Å². The van der Waals surface area contributed by atoms with Crippen molar-refractivity contribution >= 4 is 6.08 Å². The lowest BCUT2D eigenvalue weighted by Crippen LogP contribution is -1.85. The van der Waals surface area contributed by atoms with Gasteiger partial charge in [0.15, 0.2) is 0 Å². The molecule has 52 valence electrons. The molecule has 0 radical (unpaired) electrons. The first-order chi connectivity index (χ1) is 4.83. The molecule has 0 aliphatic rings. The second kappa shape index (κ2) is 3.11. The predicted octanol–water partition coefficient (Wildman–Crippen LogP) is 1.82. The Bertz CT molecular complexity index is 224. The summed E-state index contributed by atoms with van der Waals surface area (Å²) in [6, 6.07) is 0. The summed E-state index contributed by atoms with van der Waals surface area (Å²) in [6.07, 6.45) is 7.55. The molecule has 0 aromatic carbocycles. The van der Waals surface area contributed by atoms with Gasteiger partial charge in [0.25, 0.3) is 0 Å². The summed E-state index contributed by atoms with van der Waals surface area (Å²) in [5.74, 6) is 0.813. The van der Waals surface area contributed by atoms with Crippen LogP contribution in [0.5, 0.6) is 0 Å². The van der Waals surface area contributed by atoms with E-state index in [9.17, 15) is 0 Å². The molecule has 10 heavy (non-hydrogen) atoms. The van der Waals surface area contributed by atoms with E-state index in [1.54, 1.807) is 0 Å². The summed E-state index contributed by atoms with van der Waals surface area (Å²) in [5, 5.41) is 0. The number of nitrogens with zero attached hydrogens (tertiary/aromatic N) is 2. The van der Waals surface area contributed by atoms with E-state index in [0.717, 1.165) is 11.4 Å². The van der Waals surface area contributed by atoms with Crippen LogP contribution in [0.4, 0.5) is 0 Å². The van der Waals surface area contributed by atoms with E-state index in [1.165, 1.54) is 0 Å². The number of hydrogen-bond acceptors (Lipinski definition) is 2. The summed E-state index contributed by atoms with van der Waals surface area (Å²) in [4.78, 5) is 8.07. The lowest BCUT2D eigenvalue weighted by molar-refractivity contribution is 1.05. The highest BCUT2D eigenvalue weighted by atomic mass is 14.8. The summed E-state index contributed by atoms with van der Waals surface area (Å²) in [6.45, 7) is 3.85. The van der Waals surface area contributed by atoms with Crippen molar-refractivity contribution in [3.63, 3.8) is 0 Å². The highest BCUT2D eigenvalue weighted by Crippen LogP contribution is 1.96. The zero-order valence-corrected chi connectivity index (χ0v) is 6.20. The molecule has 2 heteroatoms. The first kappa shape index (κ1) is 6.93. The maximum Gasteiger partial charge on any atom is 0.125 e. The Balaban J connectivity index is 2.89. The Hall–Kier alpha value is -1.18. The van der Waals surface area contributed by atoms with Gasteiger partial charge in [-0.25, -0.2) is 9.97 Å². The van der Waals surface area contributed by atoms with Gasteiger partial charge in [0.1, 0.15) is 5.82 Å². The van der Waals surface area contributed by atoms with Crippen molar-refractivity contribution in [3.8, 4) is 0 Å². The molecule has 0 amide bonds. The fourth-order valence-electron chi connectivity index (χ4n) is 0.681. The molecule has 1 rings (SSSR count). The van der Waals surface area contributed by atoms with E-state index in [1.807, 2.05) is 38.4 Å². The van der Waals surface area contributed by atoms with Crippen LogP contribution in [0.3, 0.4) is 0 Å². The minimum Gasteiger partial charge on any atom is -0.241 e. The zero-order chi connectivity index (χ0) is 7.40. The molecular weight excluding hydrogens is 124 g/mol. The number of aromatic nitrogens is 2. The van der Waals surface area contributed by atoms with Crippen LogP contribution in [0, 0.1) is 6.92 Å². The molecule has 2 nitrogen and oxygen atoms in total. The smallest absolute Gasteiger partial charge is 0.125 e. The molecule has 0 fully saturated rings. The second-order valence-electron chi connectivity index (χ2n) is 2.06. The topological polar surface area (TPSA) is 25.8 Å². The van der Waals surface area contributed by atoms with Crippen LogP contribution in [0.25, 0.3) is 6.08 Å². The Morgan fingerprint density at radius 2 is 1.90 bits per heavy atom. The van der Waals surface area contributed by atoms with Gasteiger partial charge in [-0.2, -0.15) is 0 Å². The molecule has 0 aliphatic carbocycles. The van der Waals surface area contributed by atoms with Gasteiger partial charge in [-0.1, -0.05) is 12.2 Å². The standard InChI is InChI=1S/C8H10N2/c1-3-4-8-5-9-7(2)10-6-8/h3-6H,1-2H3/b4-3+. The molecule has 1 heterocycles. The number of rotatable bonds is 1. The van der Waals surface area contributed by atoms with E-state index in [4.69, 9.17) is 0 Å². The number of hydrogen-bond donors (Lipinski definition) is 0. The zero-order valence-electron chi connectivity index (χ0n) is 6.20. The van der Waals surface area contributed by atoms with Crippen molar-refractivity contribution in [1.29, 1.82) is 0 Å². The van der Waals surface area contributed by atoms with Crippen LogP contribution >= 0.6 is 0 Å². The van der Waals surface area contributed by atoms with Crippen LogP contribution in [0.15, 0.2) is 18.5 Å². The molecule has 0 aliphatic heterocycles. The van der Waals surface area contributed by atoms with Gasteiger partial charge >= 0.3 is 0 Å². The van der Waals surface area contributed by atoms with Gasteiger partial charge < -0.3 is 0 Å². The van der Waals surface area contributed by atoms with Crippen molar-refractivity contribution in [2.45, 2.75) is 13.8 Å². The first-order valence-corrected chi connectivity index (χ1v) is 3.24. The predicted molar refractivity (Wildman–Crippen MR) is 41.5 cm³/mol. The van der Waals surface area contributed by atoms with E-state index >= 15 is 0 Å². The molecule has 0 saturated carbocycles. The van der Waals surface area contributed by atoms with Crippen LogP contribution in [0.2, 0.25) is 0 Å². The van der Waals surface area contributed by atoms with Crippen LogP contribution in [0.1, 0.15) is 18.3 Å². The SMILES string of the molecule is C/C=C/c1cnc(C)nc1.